The second kappa shape index (κ2) is 7.36. The van der Waals surface area contributed by atoms with E-state index in [1.54, 1.807) is 0 Å². The maximum Gasteiger partial charge on any atom is 0.266 e. The van der Waals surface area contributed by atoms with Crippen molar-refractivity contribution in [2.75, 3.05) is 13.1 Å². The van der Waals surface area contributed by atoms with Crippen molar-refractivity contribution in [3.63, 3.8) is 0 Å². The summed E-state index contributed by atoms with van der Waals surface area (Å²) in [5.41, 5.74) is 5.61. The van der Waals surface area contributed by atoms with E-state index in [0.717, 1.165) is 37.7 Å². The van der Waals surface area contributed by atoms with Crippen molar-refractivity contribution in [2.24, 2.45) is 17.6 Å². The first-order chi connectivity index (χ1) is 11.5. The topological polar surface area (TPSA) is 92.1 Å². The van der Waals surface area contributed by atoms with Crippen LogP contribution in [-0.2, 0) is 4.79 Å². The van der Waals surface area contributed by atoms with Gasteiger partial charge in [-0.15, -0.1) is 0 Å². The summed E-state index contributed by atoms with van der Waals surface area (Å²) in [6, 6.07) is 0. The van der Waals surface area contributed by atoms with Gasteiger partial charge in [0, 0.05) is 25.4 Å². The Labute approximate surface area is 143 Å². The molecular weight excluding hydrogens is 304 g/mol. The van der Waals surface area contributed by atoms with Crippen LogP contribution >= 0.6 is 0 Å². The van der Waals surface area contributed by atoms with E-state index in [9.17, 15) is 9.59 Å². The summed E-state index contributed by atoms with van der Waals surface area (Å²) < 4.78 is 0. The number of hydrogen-bond donors (Lipinski definition) is 2. The minimum Gasteiger partial charge on any atom is -0.364 e. The molecule has 24 heavy (non-hydrogen) atoms. The second-order valence-corrected chi connectivity index (χ2v) is 7.54. The average molecular weight is 332 g/mol. The molecule has 3 N–H and O–H groups in total. The number of carbonyl (C=O) groups is 2. The fourth-order valence-electron chi connectivity index (χ4n) is 4.19. The van der Waals surface area contributed by atoms with Gasteiger partial charge in [0.1, 0.15) is 11.5 Å². The first-order valence-electron chi connectivity index (χ1n) is 9.15. The second-order valence-electron chi connectivity index (χ2n) is 7.54. The number of aromatic nitrogens is 2. The minimum absolute atomic E-state index is 0.275. The molecule has 3 rings (SSSR count). The van der Waals surface area contributed by atoms with Gasteiger partial charge in [-0.2, -0.15) is 0 Å². The zero-order valence-electron chi connectivity index (χ0n) is 14.5. The zero-order chi connectivity index (χ0) is 17.1. The Bertz CT molecular complexity index is 590. The van der Waals surface area contributed by atoms with Gasteiger partial charge in [-0.05, 0) is 37.5 Å². The zero-order valence-corrected chi connectivity index (χ0v) is 14.5. The van der Waals surface area contributed by atoms with Gasteiger partial charge in [0.25, 0.3) is 5.91 Å². The quantitative estimate of drug-likeness (QED) is 0.887. The van der Waals surface area contributed by atoms with Crippen molar-refractivity contribution in [2.45, 2.75) is 57.8 Å². The molecule has 0 spiro atoms. The largest absolute Gasteiger partial charge is 0.364 e. The molecule has 2 fully saturated rings. The number of hydrogen-bond acceptors (Lipinski definition) is 3. The summed E-state index contributed by atoms with van der Waals surface area (Å²) in [5.74, 6) is 2.25. The first-order valence-corrected chi connectivity index (χ1v) is 9.15. The van der Waals surface area contributed by atoms with Gasteiger partial charge in [0.15, 0.2) is 0 Å². The molecule has 1 saturated heterocycles. The third-order valence-corrected chi connectivity index (χ3v) is 5.60. The van der Waals surface area contributed by atoms with Crippen LogP contribution in [0.5, 0.6) is 0 Å². The fourth-order valence-corrected chi connectivity index (χ4v) is 4.19. The summed E-state index contributed by atoms with van der Waals surface area (Å²) >= 11 is 0. The number of aromatic amines is 1. The van der Waals surface area contributed by atoms with E-state index in [4.69, 9.17) is 5.73 Å². The van der Waals surface area contributed by atoms with E-state index in [-0.39, 0.29) is 5.92 Å². The Balaban J connectivity index is 1.49. The average Bonchev–Trinajstić information content (AvgIpc) is 3.05. The van der Waals surface area contributed by atoms with Crippen LogP contribution in [0.2, 0.25) is 0 Å². The summed E-state index contributed by atoms with van der Waals surface area (Å²) in [5, 5.41) is 0. The summed E-state index contributed by atoms with van der Waals surface area (Å²) in [6.45, 7) is 3.85. The Morgan fingerprint density at radius 3 is 2.67 bits per heavy atom. The van der Waals surface area contributed by atoms with Crippen LogP contribution < -0.4 is 5.73 Å². The number of amides is 2. The van der Waals surface area contributed by atoms with Crippen LogP contribution in [0.1, 0.15) is 74.1 Å². The summed E-state index contributed by atoms with van der Waals surface area (Å²) in [6.07, 6.45) is 8.96. The van der Waals surface area contributed by atoms with Crippen LogP contribution in [0.25, 0.3) is 0 Å². The smallest absolute Gasteiger partial charge is 0.266 e. The third-order valence-electron chi connectivity index (χ3n) is 5.60. The first kappa shape index (κ1) is 17.0. The summed E-state index contributed by atoms with van der Waals surface area (Å²) in [4.78, 5) is 33.0. The molecule has 0 bridgehead atoms. The molecule has 1 saturated carbocycles. The van der Waals surface area contributed by atoms with Crippen molar-refractivity contribution in [3.05, 3.63) is 17.7 Å². The summed E-state index contributed by atoms with van der Waals surface area (Å²) in [7, 11) is 0. The van der Waals surface area contributed by atoms with Gasteiger partial charge in [-0.25, -0.2) is 4.98 Å². The van der Waals surface area contributed by atoms with E-state index < -0.39 is 5.91 Å². The molecule has 1 aromatic heterocycles. The molecule has 6 nitrogen and oxygen atoms in total. The van der Waals surface area contributed by atoms with E-state index in [1.807, 2.05) is 4.90 Å². The standard InChI is InChI=1S/C18H28N4O2/c1-12-3-2-4-13(9-12)10-16(23)22-7-5-14(6-8-22)18-20-11-15(21-18)17(19)24/h11-14H,2-10H2,1H3,(H2,19,24)(H,20,21). The van der Waals surface area contributed by atoms with Crippen molar-refractivity contribution in [1.29, 1.82) is 0 Å². The number of nitrogens with one attached hydrogen (secondary N) is 1. The Kier molecular flexibility index (Phi) is 5.21. The molecule has 6 heteroatoms. The number of carbonyl (C=O) groups excluding carboxylic acids is 2. The Hall–Kier alpha value is -1.85. The Morgan fingerprint density at radius 1 is 1.29 bits per heavy atom. The number of likely N-dealkylation sites (tertiary alicyclic amines) is 1. The number of primary amides is 1. The SMILES string of the molecule is CC1CCCC(CC(=O)N2CCC(c3ncc(C(N)=O)[nH]3)CC2)C1. The van der Waals surface area contributed by atoms with E-state index >= 15 is 0 Å². The Morgan fingerprint density at radius 2 is 2.04 bits per heavy atom. The van der Waals surface area contributed by atoms with E-state index in [1.165, 1.54) is 31.9 Å². The van der Waals surface area contributed by atoms with Crippen LogP contribution in [0.3, 0.4) is 0 Å². The highest BCUT2D eigenvalue weighted by molar-refractivity contribution is 5.90. The molecule has 2 heterocycles. The van der Waals surface area contributed by atoms with Crippen molar-refractivity contribution < 1.29 is 9.59 Å². The molecule has 0 radical (unpaired) electrons. The van der Waals surface area contributed by atoms with Gasteiger partial charge < -0.3 is 15.6 Å². The highest BCUT2D eigenvalue weighted by atomic mass is 16.2. The number of rotatable bonds is 4. The lowest BCUT2D eigenvalue weighted by Gasteiger charge is -2.33. The maximum atomic E-state index is 12.6. The molecule has 2 aliphatic rings. The lowest BCUT2D eigenvalue weighted by Crippen LogP contribution is -2.39. The highest BCUT2D eigenvalue weighted by Gasteiger charge is 2.28. The molecule has 2 amide bonds. The van der Waals surface area contributed by atoms with Crippen molar-refractivity contribution in [3.8, 4) is 0 Å². The van der Waals surface area contributed by atoms with Gasteiger partial charge in [0.05, 0.1) is 6.20 Å². The molecule has 132 valence electrons. The number of nitrogens with two attached hydrogens (primary N) is 1. The van der Waals surface area contributed by atoms with Crippen LogP contribution in [-0.4, -0.2) is 39.8 Å². The number of H-pyrrole nitrogens is 1. The molecule has 1 aromatic rings. The fraction of sp³-hybridized carbons (Fsp3) is 0.722. The molecule has 2 atom stereocenters. The number of nitrogens with zero attached hydrogens (tertiary/aromatic N) is 2. The van der Waals surface area contributed by atoms with Gasteiger partial charge in [-0.3, -0.25) is 9.59 Å². The maximum absolute atomic E-state index is 12.6. The van der Waals surface area contributed by atoms with Crippen LogP contribution in [0.15, 0.2) is 6.20 Å². The predicted molar refractivity (Wildman–Crippen MR) is 91.4 cm³/mol. The lowest BCUT2D eigenvalue weighted by molar-refractivity contribution is -0.133. The van der Waals surface area contributed by atoms with Crippen molar-refractivity contribution >= 4 is 11.8 Å². The molecular formula is C18H28N4O2. The monoisotopic (exact) mass is 332 g/mol. The predicted octanol–water partition coefficient (Wildman–Crippen LogP) is 2.43. The third kappa shape index (κ3) is 3.97. The van der Waals surface area contributed by atoms with Crippen molar-refractivity contribution in [1.82, 2.24) is 14.9 Å². The normalized spacial score (nSPS) is 25.6. The lowest BCUT2D eigenvalue weighted by atomic mass is 9.80. The van der Waals surface area contributed by atoms with Crippen LogP contribution in [0.4, 0.5) is 0 Å². The van der Waals surface area contributed by atoms with Gasteiger partial charge in [0.2, 0.25) is 5.91 Å². The highest BCUT2D eigenvalue weighted by Crippen LogP contribution is 2.32. The van der Waals surface area contributed by atoms with E-state index in [2.05, 4.69) is 16.9 Å². The van der Waals surface area contributed by atoms with Gasteiger partial charge >= 0.3 is 0 Å². The number of piperidine rings is 1. The molecule has 0 aromatic carbocycles. The van der Waals surface area contributed by atoms with Gasteiger partial charge in [-0.1, -0.05) is 19.8 Å². The molecule has 1 aliphatic carbocycles. The van der Waals surface area contributed by atoms with Crippen LogP contribution in [0, 0.1) is 11.8 Å². The molecule has 2 unspecified atom stereocenters. The molecule has 1 aliphatic heterocycles. The number of imidazole rings is 1. The minimum atomic E-state index is -0.483. The van der Waals surface area contributed by atoms with E-state index in [0.29, 0.717) is 23.9 Å².